The van der Waals surface area contributed by atoms with Gasteiger partial charge in [-0.3, -0.25) is 9.69 Å². The van der Waals surface area contributed by atoms with Gasteiger partial charge in [0.1, 0.15) is 0 Å². The quantitative estimate of drug-likeness (QED) is 0.864. The van der Waals surface area contributed by atoms with Crippen LogP contribution in [0.3, 0.4) is 0 Å². The number of aryl methyl sites for hydroxylation is 1. The molecular formula is C14H21BrClN3O. The fraction of sp³-hybridized carbons (Fsp3) is 0.500. The maximum Gasteiger partial charge on any atom is 0.238 e. The van der Waals surface area contributed by atoms with Crippen molar-refractivity contribution in [3.05, 3.63) is 28.2 Å². The Morgan fingerprint density at radius 1 is 1.50 bits per heavy atom. The lowest BCUT2D eigenvalue weighted by atomic mass is 10.2. The SMILES string of the molecule is CNC1CCN(CC(=O)Nc2ccc(Br)c(C)c2)C1.Cl. The maximum atomic E-state index is 12.0. The number of carbonyl (C=O) groups excluding carboxylic acids is 1. The van der Waals surface area contributed by atoms with Gasteiger partial charge in [0, 0.05) is 29.3 Å². The molecule has 0 aromatic heterocycles. The van der Waals surface area contributed by atoms with Crippen LogP contribution in [0.2, 0.25) is 0 Å². The Labute approximate surface area is 134 Å². The number of carbonyl (C=O) groups is 1. The molecule has 1 heterocycles. The minimum Gasteiger partial charge on any atom is -0.325 e. The second kappa shape index (κ2) is 7.98. The van der Waals surface area contributed by atoms with E-state index < -0.39 is 0 Å². The molecule has 4 nitrogen and oxygen atoms in total. The van der Waals surface area contributed by atoms with Gasteiger partial charge < -0.3 is 10.6 Å². The van der Waals surface area contributed by atoms with Gasteiger partial charge in [-0.15, -0.1) is 12.4 Å². The minimum atomic E-state index is 0. The number of likely N-dealkylation sites (N-methyl/N-ethyl adjacent to an activating group) is 1. The molecule has 20 heavy (non-hydrogen) atoms. The number of nitrogens with one attached hydrogen (secondary N) is 2. The number of hydrogen-bond acceptors (Lipinski definition) is 3. The Hall–Kier alpha value is -0.620. The highest BCUT2D eigenvalue weighted by Gasteiger charge is 2.22. The number of nitrogens with zero attached hydrogens (tertiary/aromatic N) is 1. The molecule has 1 amide bonds. The predicted molar refractivity (Wildman–Crippen MR) is 88.7 cm³/mol. The van der Waals surface area contributed by atoms with Crippen molar-refractivity contribution < 1.29 is 4.79 Å². The van der Waals surface area contributed by atoms with Crippen LogP contribution in [-0.2, 0) is 4.79 Å². The third kappa shape index (κ3) is 4.74. The van der Waals surface area contributed by atoms with Crippen LogP contribution >= 0.6 is 28.3 Å². The Balaban J connectivity index is 0.00000200. The molecule has 1 aromatic rings. The third-order valence-electron chi connectivity index (χ3n) is 3.49. The van der Waals surface area contributed by atoms with E-state index >= 15 is 0 Å². The first kappa shape index (κ1) is 17.4. The van der Waals surface area contributed by atoms with E-state index in [1.165, 1.54) is 0 Å². The van der Waals surface area contributed by atoms with Crippen molar-refractivity contribution in [3.8, 4) is 0 Å². The molecule has 0 bridgehead atoms. The summed E-state index contributed by atoms with van der Waals surface area (Å²) in [6.07, 6.45) is 1.11. The molecule has 6 heteroatoms. The van der Waals surface area contributed by atoms with Gasteiger partial charge in [0.15, 0.2) is 0 Å². The summed E-state index contributed by atoms with van der Waals surface area (Å²) in [6.45, 7) is 4.41. The molecular weight excluding hydrogens is 342 g/mol. The Bertz CT molecular complexity index is 470. The molecule has 1 unspecified atom stereocenters. The number of likely N-dealkylation sites (tertiary alicyclic amines) is 1. The second-order valence-corrected chi connectivity index (χ2v) is 5.88. The van der Waals surface area contributed by atoms with Crippen molar-refractivity contribution in [2.24, 2.45) is 0 Å². The summed E-state index contributed by atoms with van der Waals surface area (Å²) < 4.78 is 1.06. The molecule has 1 aliphatic rings. The van der Waals surface area contributed by atoms with Crippen LogP contribution in [-0.4, -0.2) is 43.5 Å². The molecule has 1 fully saturated rings. The fourth-order valence-corrected chi connectivity index (χ4v) is 2.58. The summed E-state index contributed by atoms with van der Waals surface area (Å²) in [5, 5.41) is 6.20. The zero-order chi connectivity index (χ0) is 13.8. The van der Waals surface area contributed by atoms with E-state index in [0.29, 0.717) is 12.6 Å². The van der Waals surface area contributed by atoms with Gasteiger partial charge in [-0.05, 0) is 44.2 Å². The number of halogens is 2. The van der Waals surface area contributed by atoms with Crippen LogP contribution < -0.4 is 10.6 Å². The highest BCUT2D eigenvalue weighted by Crippen LogP contribution is 2.20. The van der Waals surface area contributed by atoms with Gasteiger partial charge in [0.05, 0.1) is 6.54 Å². The van der Waals surface area contributed by atoms with Crippen molar-refractivity contribution in [1.82, 2.24) is 10.2 Å². The van der Waals surface area contributed by atoms with Gasteiger partial charge in [0.25, 0.3) is 0 Å². The van der Waals surface area contributed by atoms with Crippen LogP contribution in [0.25, 0.3) is 0 Å². The lowest BCUT2D eigenvalue weighted by Gasteiger charge is -2.15. The molecule has 0 radical (unpaired) electrons. The first-order chi connectivity index (χ1) is 9.08. The normalized spacial score (nSPS) is 18.6. The van der Waals surface area contributed by atoms with Crippen LogP contribution in [0, 0.1) is 6.92 Å². The van der Waals surface area contributed by atoms with E-state index in [4.69, 9.17) is 0 Å². The smallest absolute Gasteiger partial charge is 0.238 e. The highest BCUT2D eigenvalue weighted by molar-refractivity contribution is 9.10. The molecule has 0 saturated carbocycles. The highest BCUT2D eigenvalue weighted by atomic mass is 79.9. The van der Waals surface area contributed by atoms with E-state index in [1.807, 2.05) is 32.2 Å². The van der Waals surface area contributed by atoms with Gasteiger partial charge >= 0.3 is 0 Å². The van der Waals surface area contributed by atoms with Crippen LogP contribution in [0.1, 0.15) is 12.0 Å². The molecule has 0 spiro atoms. The van der Waals surface area contributed by atoms with E-state index in [0.717, 1.165) is 35.2 Å². The zero-order valence-electron chi connectivity index (χ0n) is 11.8. The molecule has 1 aromatic carbocycles. The first-order valence-corrected chi connectivity index (χ1v) is 7.33. The number of amides is 1. The largest absolute Gasteiger partial charge is 0.325 e. The Morgan fingerprint density at radius 2 is 2.25 bits per heavy atom. The van der Waals surface area contributed by atoms with Crippen LogP contribution in [0.5, 0.6) is 0 Å². The van der Waals surface area contributed by atoms with E-state index in [2.05, 4.69) is 31.5 Å². The van der Waals surface area contributed by atoms with Crippen LogP contribution in [0.15, 0.2) is 22.7 Å². The average molecular weight is 363 g/mol. The summed E-state index contributed by atoms with van der Waals surface area (Å²) in [7, 11) is 1.97. The minimum absolute atomic E-state index is 0. The summed E-state index contributed by atoms with van der Waals surface area (Å²) in [5.41, 5.74) is 1.98. The molecule has 1 saturated heterocycles. The first-order valence-electron chi connectivity index (χ1n) is 6.54. The lowest BCUT2D eigenvalue weighted by molar-refractivity contribution is -0.117. The zero-order valence-corrected chi connectivity index (χ0v) is 14.2. The monoisotopic (exact) mass is 361 g/mol. The summed E-state index contributed by atoms with van der Waals surface area (Å²) >= 11 is 3.45. The summed E-state index contributed by atoms with van der Waals surface area (Å²) in [5.74, 6) is 0.0541. The Morgan fingerprint density at radius 3 is 2.85 bits per heavy atom. The lowest BCUT2D eigenvalue weighted by Crippen LogP contribution is -2.34. The van der Waals surface area contributed by atoms with Crippen molar-refractivity contribution in [2.75, 3.05) is 32.0 Å². The van der Waals surface area contributed by atoms with Crippen molar-refractivity contribution in [1.29, 1.82) is 0 Å². The summed E-state index contributed by atoms with van der Waals surface area (Å²) in [4.78, 5) is 14.2. The van der Waals surface area contributed by atoms with E-state index in [9.17, 15) is 4.79 Å². The van der Waals surface area contributed by atoms with E-state index in [1.54, 1.807) is 0 Å². The maximum absolute atomic E-state index is 12.0. The number of benzene rings is 1. The predicted octanol–water partition coefficient (Wildman–Crippen LogP) is 2.41. The summed E-state index contributed by atoms with van der Waals surface area (Å²) in [6, 6.07) is 6.36. The molecule has 112 valence electrons. The topological polar surface area (TPSA) is 44.4 Å². The molecule has 2 N–H and O–H groups in total. The molecule has 1 atom stereocenters. The number of rotatable bonds is 4. The Kier molecular flexibility index (Phi) is 6.95. The molecule has 0 aliphatic carbocycles. The fourth-order valence-electron chi connectivity index (χ4n) is 2.34. The van der Waals surface area contributed by atoms with Crippen molar-refractivity contribution in [2.45, 2.75) is 19.4 Å². The van der Waals surface area contributed by atoms with Gasteiger partial charge in [-0.2, -0.15) is 0 Å². The second-order valence-electron chi connectivity index (χ2n) is 5.02. The molecule has 1 aliphatic heterocycles. The van der Waals surface area contributed by atoms with Gasteiger partial charge in [-0.1, -0.05) is 15.9 Å². The van der Waals surface area contributed by atoms with Crippen molar-refractivity contribution >= 4 is 39.9 Å². The van der Waals surface area contributed by atoms with Gasteiger partial charge in [-0.25, -0.2) is 0 Å². The van der Waals surface area contributed by atoms with Gasteiger partial charge in [0.2, 0.25) is 5.91 Å². The molecule has 2 rings (SSSR count). The average Bonchev–Trinajstić information content (AvgIpc) is 2.81. The van der Waals surface area contributed by atoms with E-state index in [-0.39, 0.29) is 18.3 Å². The standard InChI is InChI=1S/C14H20BrN3O.ClH/c1-10-7-11(3-4-13(10)15)17-14(19)9-18-6-5-12(8-18)16-2;/h3-4,7,12,16H,5-6,8-9H2,1-2H3,(H,17,19);1H. The number of anilines is 1. The third-order valence-corrected chi connectivity index (χ3v) is 4.38. The van der Waals surface area contributed by atoms with Crippen molar-refractivity contribution in [3.63, 3.8) is 0 Å². The van der Waals surface area contributed by atoms with Crippen LogP contribution in [0.4, 0.5) is 5.69 Å². The number of hydrogen-bond donors (Lipinski definition) is 2.